The van der Waals surface area contributed by atoms with Crippen LogP contribution in [-0.4, -0.2) is 5.60 Å². The first kappa shape index (κ1) is 19.2. The highest BCUT2D eigenvalue weighted by Gasteiger charge is 2.40. The summed E-state index contributed by atoms with van der Waals surface area (Å²) in [5, 5.41) is 0.869. The molecule has 0 unspecified atom stereocenters. The molecule has 0 fully saturated rings. The molecule has 0 bridgehead atoms. The third-order valence-electron chi connectivity index (χ3n) is 5.56. The van der Waals surface area contributed by atoms with Crippen molar-refractivity contribution < 1.29 is 9.15 Å². The van der Waals surface area contributed by atoms with Crippen LogP contribution in [0.15, 0.2) is 58.3 Å². The van der Waals surface area contributed by atoms with E-state index in [1.165, 1.54) is 6.07 Å². The molecule has 0 atom stereocenters. The van der Waals surface area contributed by atoms with Crippen molar-refractivity contribution in [1.82, 2.24) is 0 Å². The van der Waals surface area contributed by atoms with E-state index in [9.17, 15) is 4.79 Å². The minimum Gasteiger partial charge on any atom is -0.482 e. The van der Waals surface area contributed by atoms with Gasteiger partial charge in [0, 0.05) is 33.4 Å². The van der Waals surface area contributed by atoms with Gasteiger partial charge in [-0.25, -0.2) is 4.79 Å². The Kier molecular flexibility index (Phi) is 4.26. The van der Waals surface area contributed by atoms with Crippen LogP contribution in [-0.2, 0) is 5.41 Å². The Balaban J connectivity index is 2.46. The lowest BCUT2D eigenvalue weighted by Crippen LogP contribution is -2.40. The highest BCUT2D eigenvalue weighted by atomic mass is 16.5. The maximum atomic E-state index is 11.9. The van der Waals surface area contributed by atoms with Gasteiger partial charge in [-0.1, -0.05) is 39.8 Å². The quantitative estimate of drug-likeness (QED) is 0.492. The number of rotatable bonds is 4. The van der Waals surface area contributed by atoms with E-state index in [4.69, 9.17) is 9.15 Å². The van der Waals surface area contributed by atoms with Crippen molar-refractivity contribution in [2.24, 2.45) is 5.41 Å². The molecule has 0 aliphatic carbocycles. The summed E-state index contributed by atoms with van der Waals surface area (Å²) in [5.41, 5.74) is 1.98. The van der Waals surface area contributed by atoms with E-state index in [-0.39, 0.29) is 11.0 Å². The Morgan fingerprint density at radius 1 is 1.04 bits per heavy atom. The number of allylic oxidation sites excluding steroid dienone is 2. The fraction of sp³-hybridized carbons (Fsp3) is 0.375. The molecule has 1 aliphatic heterocycles. The van der Waals surface area contributed by atoms with E-state index < -0.39 is 11.0 Å². The predicted molar refractivity (Wildman–Crippen MR) is 112 cm³/mol. The lowest BCUT2D eigenvalue weighted by molar-refractivity contribution is 0.124. The first-order valence-electron chi connectivity index (χ1n) is 9.23. The normalized spacial score (nSPS) is 16.3. The molecule has 1 aromatic carbocycles. The van der Waals surface area contributed by atoms with Crippen LogP contribution in [0.1, 0.15) is 52.7 Å². The van der Waals surface area contributed by atoms with Crippen molar-refractivity contribution >= 4 is 17.0 Å². The molecule has 27 heavy (non-hydrogen) atoms. The van der Waals surface area contributed by atoms with Gasteiger partial charge < -0.3 is 9.15 Å². The van der Waals surface area contributed by atoms with Crippen molar-refractivity contribution in [3.05, 3.63) is 70.6 Å². The maximum Gasteiger partial charge on any atom is 0.336 e. The van der Waals surface area contributed by atoms with Gasteiger partial charge in [0.05, 0.1) is 0 Å². The molecular weight excluding hydrogens is 336 g/mol. The molecule has 142 valence electrons. The lowest BCUT2D eigenvalue weighted by atomic mass is 9.73. The second kappa shape index (κ2) is 5.98. The van der Waals surface area contributed by atoms with Crippen LogP contribution < -0.4 is 10.4 Å². The molecule has 2 aromatic rings. The molecule has 0 saturated carbocycles. The van der Waals surface area contributed by atoms with Gasteiger partial charge in [-0.15, -0.1) is 13.2 Å². The Morgan fingerprint density at radius 2 is 1.67 bits per heavy atom. The van der Waals surface area contributed by atoms with Gasteiger partial charge in [-0.05, 0) is 37.6 Å². The summed E-state index contributed by atoms with van der Waals surface area (Å²) in [5.74, 6) is 0.746. The van der Waals surface area contributed by atoms with Gasteiger partial charge in [-0.3, -0.25) is 0 Å². The first-order valence-corrected chi connectivity index (χ1v) is 9.23. The molecule has 0 radical (unpaired) electrons. The van der Waals surface area contributed by atoms with Crippen molar-refractivity contribution in [1.29, 1.82) is 0 Å². The SMILES string of the molecule is C=CC(C)(C)C1=Cc2cc3ccc(=O)oc3c(C(C)(C)C=C)c2OC1(C)C. The molecule has 0 saturated heterocycles. The summed E-state index contributed by atoms with van der Waals surface area (Å²) in [6.45, 7) is 20.5. The van der Waals surface area contributed by atoms with Gasteiger partial charge in [0.15, 0.2) is 0 Å². The van der Waals surface area contributed by atoms with Crippen molar-refractivity contribution in [2.45, 2.75) is 52.6 Å². The third kappa shape index (κ3) is 3.05. The summed E-state index contributed by atoms with van der Waals surface area (Å²) < 4.78 is 12.2. The monoisotopic (exact) mass is 364 g/mol. The highest BCUT2D eigenvalue weighted by molar-refractivity contribution is 5.89. The van der Waals surface area contributed by atoms with Crippen LogP contribution >= 0.6 is 0 Å². The fourth-order valence-electron chi connectivity index (χ4n) is 3.83. The maximum absolute atomic E-state index is 11.9. The number of hydrogen-bond acceptors (Lipinski definition) is 3. The van der Waals surface area contributed by atoms with E-state index in [1.807, 2.05) is 32.1 Å². The molecule has 1 aromatic heterocycles. The smallest absolute Gasteiger partial charge is 0.336 e. The molecular formula is C24H28O3. The second-order valence-electron chi connectivity index (χ2n) is 8.86. The highest BCUT2D eigenvalue weighted by Crippen LogP contribution is 2.49. The molecule has 3 heteroatoms. The van der Waals surface area contributed by atoms with Crippen LogP contribution in [0.2, 0.25) is 0 Å². The summed E-state index contributed by atoms with van der Waals surface area (Å²) in [4.78, 5) is 11.9. The van der Waals surface area contributed by atoms with Crippen molar-refractivity contribution in [2.75, 3.05) is 0 Å². The van der Waals surface area contributed by atoms with Crippen LogP contribution in [0, 0.1) is 5.41 Å². The molecule has 0 N–H and O–H groups in total. The van der Waals surface area contributed by atoms with E-state index in [2.05, 4.69) is 46.9 Å². The topological polar surface area (TPSA) is 39.4 Å². The van der Waals surface area contributed by atoms with Gasteiger partial charge in [0.2, 0.25) is 0 Å². The molecule has 2 heterocycles. The van der Waals surface area contributed by atoms with Gasteiger partial charge in [0.1, 0.15) is 16.9 Å². The Morgan fingerprint density at radius 3 is 2.26 bits per heavy atom. The summed E-state index contributed by atoms with van der Waals surface area (Å²) in [6.07, 6.45) is 6.00. The molecule has 0 spiro atoms. The average Bonchev–Trinajstić information content (AvgIpc) is 2.58. The Bertz CT molecular complexity index is 1030. The number of fused-ring (bicyclic) bond motifs is 2. The van der Waals surface area contributed by atoms with Crippen molar-refractivity contribution in [3.8, 4) is 5.75 Å². The molecule has 1 aliphatic rings. The Hall–Kier alpha value is -2.55. The lowest BCUT2D eigenvalue weighted by Gasteiger charge is -2.42. The van der Waals surface area contributed by atoms with Gasteiger partial charge >= 0.3 is 5.63 Å². The van der Waals surface area contributed by atoms with E-state index >= 15 is 0 Å². The minimum atomic E-state index is -0.528. The summed E-state index contributed by atoms with van der Waals surface area (Å²) in [6, 6.07) is 5.27. The zero-order chi connectivity index (χ0) is 20.2. The molecule has 0 amide bonds. The van der Waals surface area contributed by atoms with Crippen LogP contribution in [0.5, 0.6) is 5.75 Å². The first-order chi connectivity index (χ1) is 12.4. The predicted octanol–water partition coefficient (Wildman–Crippen LogP) is 6.02. The zero-order valence-electron chi connectivity index (χ0n) is 17.1. The van der Waals surface area contributed by atoms with E-state index in [0.717, 1.165) is 27.8 Å². The van der Waals surface area contributed by atoms with Crippen LogP contribution in [0.25, 0.3) is 17.0 Å². The van der Waals surface area contributed by atoms with Crippen LogP contribution in [0.4, 0.5) is 0 Å². The van der Waals surface area contributed by atoms with E-state index in [0.29, 0.717) is 5.58 Å². The number of hydrogen-bond donors (Lipinski definition) is 0. The zero-order valence-corrected chi connectivity index (χ0v) is 17.1. The van der Waals surface area contributed by atoms with Crippen molar-refractivity contribution in [3.63, 3.8) is 0 Å². The summed E-state index contributed by atoms with van der Waals surface area (Å²) in [7, 11) is 0. The second-order valence-corrected chi connectivity index (χ2v) is 8.86. The molecule has 3 rings (SSSR count). The summed E-state index contributed by atoms with van der Waals surface area (Å²) >= 11 is 0. The average molecular weight is 364 g/mol. The van der Waals surface area contributed by atoms with E-state index in [1.54, 1.807) is 6.07 Å². The van der Waals surface area contributed by atoms with Gasteiger partial charge in [0.25, 0.3) is 0 Å². The largest absolute Gasteiger partial charge is 0.482 e. The molecule has 3 nitrogen and oxygen atoms in total. The fourth-order valence-corrected chi connectivity index (χ4v) is 3.83. The number of ether oxygens (including phenoxy) is 1. The third-order valence-corrected chi connectivity index (χ3v) is 5.56. The van der Waals surface area contributed by atoms with Gasteiger partial charge in [-0.2, -0.15) is 0 Å². The standard InChI is InChI=1S/C24H28O3/c1-9-22(3,4)17-14-16-13-15-11-12-18(25)26-20(15)19(23(5,6)10-2)21(16)27-24(17,7)8/h9-14H,1-2H2,3-8H3. The Labute approximate surface area is 161 Å². The minimum absolute atomic E-state index is 0.215. The van der Waals surface area contributed by atoms with Crippen LogP contribution in [0.3, 0.4) is 0 Å². The number of benzene rings is 1.